The minimum Gasteiger partial charge on any atom is -0.352 e. The molecule has 106 valence electrons. The first kappa shape index (κ1) is 13.1. The number of epoxide rings is 1. The van der Waals surface area contributed by atoms with Crippen molar-refractivity contribution in [1.29, 1.82) is 0 Å². The van der Waals surface area contributed by atoms with Crippen LogP contribution in [-0.4, -0.2) is 11.4 Å². The van der Waals surface area contributed by atoms with Crippen molar-refractivity contribution in [2.75, 3.05) is 0 Å². The Morgan fingerprint density at radius 3 is 2.67 bits per heavy atom. The van der Waals surface area contributed by atoms with Gasteiger partial charge in [-0.25, -0.2) is 0 Å². The monoisotopic (exact) mass is 298 g/mol. The zero-order valence-corrected chi connectivity index (χ0v) is 12.3. The van der Waals surface area contributed by atoms with Crippen molar-refractivity contribution in [2.24, 2.45) is 0 Å². The molecule has 4 rings (SSSR count). The highest BCUT2D eigenvalue weighted by molar-refractivity contribution is 6.30. The van der Waals surface area contributed by atoms with Gasteiger partial charge in [0.1, 0.15) is 6.10 Å². The molecule has 2 aromatic carbocycles. The first-order valence-corrected chi connectivity index (χ1v) is 7.64. The van der Waals surface area contributed by atoms with E-state index in [1.54, 1.807) is 0 Å². The van der Waals surface area contributed by atoms with Crippen LogP contribution in [0.5, 0.6) is 0 Å². The van der Waals surface area contributed by atoms with E-state index < -0.39 is 5.60 Å². The van der Waals surface area contributed by atoms with Crippen LogP contribution in [0.25, 0.3) is 0 Å². The van der Waals surface area contributed by atoms with Gasteiger partial charge in [0.05, 0.1) is 0 Å². The number of aryl methyl sites for hydroxylation is 1. The molecule has 1 fully saturated rings. The number of carbonyl (C=O) groups is 1. The summed E-state index contributed by atoms with van der Waals surface area (Å²) in [5, 5.41) is 0.700. The van der Waals surface area contributed by atoms with Gasteiger partial charge >= 0.3 is 0 Å². The molecule has 1 heterocycles. The lowest BCUT2D eigenvalue weighted by Crippen LogP contribution is -2.24. The minimum absolute atomic E-state index is 0.131. The van der Waals surface area contributed by atoms with Gasteiger partial charge in [-0.1, -0.05) is 48.0 Å². The van der Waals surface area contributed by atoms with Crippen molar-refractivity contribution in [1.82, 2.24) is 0 Å². The second-order valence-corrected chi connectivity index (χ2v) is 6.22. The molecule has 0 saturated carbocycles. The maximum absolute atomic E-state index is 12.9. The molecule has 0 aromatic heterocycles. The van der Waals surface area contributed by atoms with Crippen LogP contribution in [0.2, 0.25) is 5.02 Å². The summed E-state index contributed by atoms with van der Waals surface area (Å²) < 4.78 is 5.93. The number of benzene rings is 2. The molecule has 3 heteroatoms. The molecule has 21 heavy (non-hydrogen) atoms. The van der Waals surface area contributed by atoms with Gasteiger partial charge in [-0.2, -0.15) is 0 Å². The summed E-state index contributed by atoms with van der Waals surface area (Å²) >= 11 is 5.93. The standard InChI is InChI=1S/C18H15ClO2/c19-14-9-7-13(8-10-14)17-18(21-17)11-3-5-12-4-1-2-6-15(12)16(18)20/h1-2,4,6-10,17H,3,5,11H2/t17-,18+/m0/s1. The van der Waals surface area contributed by atoms with Crippen molar-refractivity contribution in [3.63, 3.8) is 0 Å². The number of hydrogen-bond acceptors (Lipinski definition) is 2. The maximum Gasteiger partial charge on any atom is 0.197 e. The van der Waals surface area contributed by atoms with Crippen molar-refractivity contribution >= 4 is 17.4 Å². The number of rotatable bonds is 1. The average molecular weight is 299 g/mol. The summed E-state index contributed by atoms with van der Waals surface area (Å²) in [4.78, 5) is 12.9. The van der Waals surface area contributed by atoms with Crippen LogP contribution in [0, 0.1) is 0 Å². The topological polar surface area (TPSA) is 29.6 Å². The van der Waals surface area contributed by atoms with Crippen LogP contribution in [0.4, 0.5) is 0 Å². The van der Waals surface area contributed by atoms with Gasteiger partial charge in [-0.15, -0.1) is 0 Å². The van der Waals surface area contributed by atoms with E-state index in [0.717, 1.165) is 36.0 Å². The third-order valence-electron chi connectivity index (χ3n) is 4.51. The summed E-state index contributed by atoms with van der Waals surface area (Å²) in [7, 11) is 0. The summed E-state index contributed by atoms with van der Waals surface area (Å²) in [6.07, 6.45) is 2.58. The molecule has 2 atom stereocenters. The fourth-order valence-electron chi connectivity index (χ4n) is 3.36. The molecule has 0 N–H and O–H groups in total. The predicted molar refractivity (Wildman–Crippen MR) is 81.7 cm³/mol. The highest BCUT2D eigenvalue weighted by Crippen LogP contribution is 2.55. The van der Waals surface area contributed by atoms with E-state index in [1.165, 1.54) is 0 Å². The zero-order valence-electron chi connectivity index (χ0n) is 11.5. The van der Waals surface area contributed by atoms with Gasteiger partial charge in [0.25, 0.3) is 0 Å². The fraction of sp³-hybridized carbons (Fsp3) is 0.278. The summed E-state index contributed by atoms with van der Waals surface area (Å²) in [5.41, 5.74) is 2.35. The number of ether oxygens (including phenoxy) is 1. The molecule has 0 amide bonds. The fourth-order valence-corrected chi connectivity index (χ4v) is 3.48. The molecule has 0 bridgehead atoms. The zero-order chi connectivity index (χ0) is 14.4. The third kappa shape index (κ3) is 2.02. The molecule has 2 aliphatic rings. The minimum atomic E-state index is -0.652. The lowest BCUT2D eigenvalue weighted by atomic mass is 9.89. The summed E-state index contributed by atoms with van der Waals surface area (Å²) in [6, 6.07) is 15.5. The van der Waals surface area contributed by atoms with E-state index in [1.807, 2.05) is 48.5 Å². The Morgan fingerprint density at radius 2 is 1.86 bits per heavy atom. The Labute approximate surface area is 128 Å². The van der Waals surface area contributed by atoms with Crippen LogP contribution in [-0.2, 0) is 11.2 Å². The molecule has 2 nitrogen and oxygen atoms in total. The molecule has 2 aromatic rings. The number of carbonyl (C=O) groups excluding carboxylic acids is 1. The largest absolute Gasteiger partial charge is 0.352 e. The van der Waals surface area contributed by atoms with E-state index in [0.29, 0.717) is 5.02 Å². The Balaban J connectivity index is 1.70. The SMILES string of the molecule is O=C1c2ccccc2CCC[C@@]12O[C@H]2c1ccc(Cl)cc1. The average Bonchev–Trinajstić information content (AvgIpc) is 3.25. The number of ketones is 1. The second-order valence-electron chi connectivity index (χ2n) is 5.78. The van der Waals surface area contributed by atoms with Gasteiger partial charge in [0.15, 0.2) is 11.4 Å². The Morgan fingerprint density at radius 1 is 1.10 bits per heavy atom. The number of hydrogen-bond donors (Lipinski definition) is 0. The Kier molecular flexibility index (Phi) is 2.91. The quantitative estimate of drug-likeness (QED) is 0.732. The summed E-state index contributed by atoms with van der Waals surface area (Å²) in [6.45, 7) is 0. The van der Waals surface area contributed by atoms with Crippen molar-refractivity contribution in [3.8, 4) is 0 Å². The Hall–Kier alpha value is -1.64. The van der Waals surface area contributed by atoms with Gasteiger partial charge < -0.3 is 4.74 Å². The molecule has 1 saturated heterocycles. The Bertz CT molecular complexity index is 707. The normalized spacial score (nSPS) is 27.3. The first-order chi connectivity index (χ1) is 10.2. The molecule has 1 aliphatic heterocycles. The van der Waals surface area contributed by atoms with Crippen LogP contribution >= 0.6 is 11.6 Å². The van der Waals surface area contributed by atoms with Gasteiger partial charge in [-0.05, 0) is 42.5 Å². The van der Waals surface area contributed by atoms with Crippen molar-refractivity contribution in [2.45, 2.75) is 31.0 Å². The van der Waals surface area contributed by atoms with Crippen molar-refractivity contribution in [3.05, 3.63) is 70.2 Å². The van der Waals surface area contributed by atoms with Gasteiger partial charge in [0.2, 0.25) is 0 Å². The molecule has 1 spiro atoms. The van der Waals surface area contributed by atoms with E-state index in [9.17, 15) is 4.79 Å². The van der Waals surface area contributed by atoms with Crippen molar-refractivity contribution < 1.29 is 9.53 Å². The van der Waals surface area contributed by atoms with E-state index in [2.05, 4.69) is 0 Å². The van der Waals surface area contributed by atoms with E-state index >= 15 is 0 Å². The number of Topliss-reactive ketones (excluding diaryl/α,β-unsaturated/α-hetero) is 1. The molecular formula is C18H15ClO2. The highest BCUT2D eigenvalue weighted by atomic mass is 35.5. The smallest absolute Gasteiger partial charge is 0.197 e. The lowest BCUT2D eigenvalue weighted by Gasteiger charge is -2.09. The number of halogens is 1. The summed E-state index contributed by atoms with van der Waals surface area (Å²) in [5.74, 6) is 0.135. The predicted octanol–water partition coefficient (Wildman–Crippen LogP) is 4.37. The third-order valence-corrected chi connectivity index (χ3v) is 4.76. The number of fused-ring (bicyclic) bond motifs is 1. The van der Waals surface area contributed by atoms with Crippen LogP contribution in [0.15, 0.2) is 48.5 Å². The van der Waals surface area contributed by atoms with E-state index in [4.69, 9.17) is 16.3 Å². The lowest BCUT2D eigenvalue weighted by molar-refractivity contribution is 0.0867. The molecular weight excluding hydrogens is 284 g/mol. The maximum atomic E-state index is 12.9. The first-order valence-electron chi connectivity index (χ1n) is 7.27. The highest BCUT2D eigenvalue weighted by Gasteiger charge is 2.62. The van der Waals surface area contributed by atoms with E-state index in [-0.39, 0.29) is 11.9 Å². The van der Waals surface area contributed by atoms with Gasteiger partial charge in [-0.3, -0.25) is 4.79 Å². The van der Waals surface area contributed by atoms with Crippen LogP contribution in [0.3, 0.4) is 0 Å². The van der Waals surface area contributed by atoms with Crippen LogP contribution < -0.4 is 0 Å². The van der Waals surface area contributed by atoms with Gasteiger partial charge in [0, 0.05) is 10.6 Å². The molecule has 0 unspecified atom stereocenters. The molecule has 1 aliphatic carbocycles. The molecule has 0 radical (unpaired) electrons. The second kappa shape index (κ2) is 4.69. The van der Waals surface area contributed by atoms with Crippen LogP contribution in [0.1, 0.15) is 40.4 Å².